The van der Waals surface area contributed by atoms with Crippen LogP contribution >= 0.6 is 0 Å². The van der Waals surface area contributed by atoms with E-state index in [-0.39, 0.29) is 12.5 Å². The van der Waals surface area contributed by atoms with E-state index in [1.54, 1.807) is 30.3 Å². The Morgan fingerprint density at radius 3 is 2.43 bits per heavy atom. The van der Waals surface area contributed by atoms with E-state index in [0.717, 1.165) is 12.8 Å². The van der Waals surface area contributed by atoms with Crippen molar-refractivity contribution in [3.05, 3.63) is 35.9 Å². The Kier molecular flexibility index (Phi) is 6.94. The third-order valence-electron chi connectivity index (χ3n) is 2.97. The molecule has 0 heterocycles. The molecular formula is C15H21N3O3. The Labute approximate surface area is 124 Å². The lowest BCUT2D eigenvalue weighted by Crippen LogP contribution is -2.47. The molecule has 1 aromatic carbocycles. The van der Waals surface area contributed by atoms with Crippen molar-refractivity contribution in [3.63, 3.8) is 0 Å². The fourth-order valence-corrected chi connectivity index (χ4v) is 1.79. The van der Waals surface area contributed by atoms with Crippen LogP contribution in [0, 0.1) is 0 Å². The summed E-state index contributed by atoms with van der Waals surface area (Å²) in [6.07, 6.45) is 2.21. The SMILES string of the molecule is CCCC[C@@H](NC(=O)CNC(=O)c1ccccc1)C(N)=O. The topological polar surface area (TPSA) is 101 Å². The van der Waals surface area contributed by atoms with E-state index in [9.17, 15) is 14.4 Å². The second-order valence-electron chi connectivity index (χ2n) is 4.71. The van der Waals surface area contributed by atoms with E-state index >= 15 is 0 Å². The quantitative estimate of drug-likeness (QED) is 0.653. The molecule has 21 heavy (non-hydrogen) atoms. The fourth-order valence-electron chi connectivity index (χ4n) is 1.79. The highest BCUT2D eigenvalue weighted by Crippen LogP contribution is 2.00. The third kappa shape index (κ3) is 6.07. The zero-order valence-electron chi connectivity index (χ0n) is 12.1. The summed E-state index contributed by atoms with van der Waals surface area (Å²) in [5.74, 6) is -1.33. The first-order chi connectivity index (χ1) is 10.0. The first kappa shape index (κ1) is 16.7. The highest BCUT2D eigenvalue weighted by molar-refractivity contribution is 5.97. The Hall–Kier alpha value is -2.37. The molecule has 3 amide bonds. The number of carbonyl (C=O) groups is 3. The van der Waals surface area contributed by atoms with Gasteiger partial charge in [-0.25, -0.2) is 0 Å². The molecule has 4 N–H and O–H groups in total. The molecule has 0 saturated heterocycles. The van der Waals surface area contributed by atoms with Crippen molar-refractivity contribution in [2.24, 2.45) is 5.73 Å². The maximum absolute atomic E-state index is 11.8. The normalized spacial score (nSPS) is 11.5. The smallest absolute Gasteiger partial charge is 0.251 e. The lowest BCUT2D eigenvalue weighted by molar-refractivity contribution is -0.126. The number of benzene rings is 1. The minimum Gasteiger partial charge on any atom is -0.368 e. The molecule has 1 atom stereocenters. The van der Waals surface area contributed by atoms with Crippen molar-refractivity contribution in [2.45, 2.75) is 32.2 Å². The molecule has 1 rings (SSSR count). The van der Waals surface area contributed by atoms with Crippen LogP contribution < -0.4 is 16.4 Å². The second kappa shape index (κ2) is 8.73. The molecular weight excluding hydrogens is 270 g/mol. The van der Waals surface area contributed by atoms with E-state index in [4.69, 9.17) is 5.73 Å². The van der Waals surface area contributed by atoms with Gasteiger partial charge in [0.1, 0.15) is 6.04 Å². The third-order valence-corrected chi connectivity index (χ3v) is 2.97. The summed E-state index contributed by atoms with van der Waals surface area (Å²) in [6.45, 7) is 1.80. The molecule has 0 fully saturated rings. The van der Waals surface area contributed by atoms with E-state index in [2.05, 4.69) is 10.6 Å². The molecule has 0 spiro atoms. The summed E-state index contributed by atoms with van der Waals surface area (Å²) >= 11 is 0. The predicted octanol–water partition coefficient (Wildman–Crippen LogP) is 0.577. The zero-order valence-corrected chi connectivity index (χ0v) is 12.1. The standard InChI is InChI=1S/C15H21N3O3/c1-2-3-9-12(14(16)20)18-13(19)10-17-15(21)11-7-5-4-6-8-11/h4-8,12H,2-3,9-10H2,1H3,(H2,16,20)(H,17,21)(H,18,19)/t12-/m1/s1. The van der Waals surface area contributed by atoms with Crippen LogP contribution in [-0.2, 0) is 9.59 Å². The summed E-state index contributed by atoms with van der Waals surface area (Å²) < 4.78 is 0. The maximum Gasteiger partial charge on any atom is 0.251 e. The molecule has 1 aromatic rings. The van der Waals surface area contributed by atoms with Gasteiger partial charge in [0, 0.05) is 5.56 Å². The number of primary amides is 1. The van der Waals surface area contributed by atoms with Crippen LogP contribution in [0.2, 0.25) is 0 Å². The Balaban J connectivity index is 2.42. The van der Waals surface area contributed by atoms with Gasteiger partial charge in [-0.15, -0.1) is 0 Å². The van der Waals surface area contributed by atoms with Gasteiger partial charge in [-0.2, -0.15) is 0 Å². The molecule has 0 radical (unpaired) electrons. The molecule has 6 heteroatoms. The van der Waals surface area contributed by atoms with Crippen LogP contribution in [0.1, 0.15) is 36.5 Å². The molecule has 0 aliphatic rings. The van der Waals surface area contributed by atoms with Crippen LogP contribution in [0.4, 0.5) is 0 Å². The van der Waals surface area contributed by atoms with Gasteiger partial charge in [0.05, 0.1) is 6.54 Å². The molecule has 0 bridgehead atoms. The number of rotatable bonds is 8. The van der Waals surface area contributed by atoms with Crippen molar-refractivity contribution < 1.29 is 14.4 Å². The van der Waals surface area contributed by atoms with E-state index in [1.807, 2.05) is 6.92 Å². The summed E-state index contributed by atoms with van der Waals surface area (Å²) in [5, 5.41) is 5.03. The Morgan fingerprint density at radius 1 is 1.19 bits per heavy atom. The van der Waals surface area contributed by atoms with Gasteiger partial charge >= 0.3 is 0 Å². The summed E-state index contributed by atoms with van der Waals surface area (Å²) in [4.78, 5) is 34.7. The van der Waals surface area contributed by atoms with Gasteiger partial charge in [0.2, 0.25) is 11.8 Å². The number of hydrogen-bond donors (Lipinski definition) is 3. The van der Waals surface area contributed by atoms with E-state index in [1.165, 1.54) is 0 Å². The van der Waals surface area contributed by atoms with E-state index < -0.39 is 17.9 Å². The number of nitrogens with two attached hydrogens (primary N) is 1. The first-order valence-electron chi connectivity index (χ1n) is 6.96. The minimum atomic E-state index is -0.689. The van der Waals surface area contributed by atoms with Crippen LogP contribution in [0.5, 0.6) is 0 Å². The van der Waals surface area contributed by atoms with Gasteiger partial charge in [-0.05, 0) is 18.6 Å². The monoisotopic (exact) mass is 291 g/mol. The van der Waals surface area contributed by atoms with Gasteiger partial charge in [-0.3, -0.25) is 14.4 Å². The number of hydrogen-bond acceptors (Lipinski definition) is 3. The van der Waals surface area contributed by atoms with Crippen LogP contribution in [0.25, 0.3) is 0 Å². The Morgan fingerprint density at radius 2 is 1.86 bits per heavy atom. The highest BCUT2D eigenvalue weighted by atomic mass is 16.2. The average molecular weight is 291 g/mol. The van der Waals surface area contributed by atoms with Crippen molar-refractivity contribution in [1.29, 1.82) is 0 Å². The lowest BCUT2D eigenvalue weighted by atomic mass is 10.1. The molecule has 114 valence electrons. The van der Waals surface area contributed by atoms with Crippen molar-refractivity contribution in [1.82, 2.24) is 10.6 Å². The van der Waals surface area contributed by atoms with Crippen LogP contribution in [0.3, 0.4) is 0 Å². The average Bonchev–Trinajstić information content (AvgIpc) is 2.49. The maximum atomic E-state index is 11.8. The molecule has 0 saturated carbocycles. The molecule has 0 unspecified atom stereocenters. The molecule has 0 aliphatic heterocycles. The fraction of sp³-hybridized carbons (Fsp3) is 0.400. The van der Waals surface area contributed by atoms with Crippen LogP contribution in [0.15, 0.2) is 30.3 Å². The lowest BCUT2D eigenvalue weighted by Gasteiger charge is -2.15. The Bertz CT molecular complexity index is 488. The summed E-state index contributed by atoms with van der Waals surface area (Å²) in [6, 6.07) is 7.90. The number of unbranched alkanes of at least 4 members (excludes halogenated alkanes) is 1. The summed E-state index contributed by atoms with van der Waals surface area (Å²) in [7, 11) is 0. The van der Waals surface area contributed by atoms with Crippen molar-refractivity contribution in [3.8, 4) is 0 Å². The highest BCUT2D eigenvalue weighted by Gasteiger charge is 2.17. The summed E-state index contributed by atoms with van der Waals surface area (Å²) in [5.41, 5.74) is 5.71. The van der Waals surface area contributed by atoms with E-state index in [0.29, 0.717) is 12.0 Å². The van der Waals surface area contributed by atoms with Crippen molar-refractivity contribution in [2.75, 3.05) is 6.54 Å². The predicted molar refractivity (Wildman–Crippen MR) is 79.4 cm³/mol. The van der Waals surface area contributed by atoms with Crippen LogP contribution in [-0.4, -0.2) is 30.3 Å². The number of nitrogens with one attached hydrogen (secondary N) is 2. The zero-order chi connectivity index (χ0) is 15.7. The number of carbonyl (C=O) groups excluding carboxylic acids is 3. The molecule has 0 aromatic heterocycles. The molecule has 6 nitrogen and oxygen atoms in total. The van der Waals surface area contributed by atoms with Gasteiger partial charge in [-0.1, -0.05) is 38.0 Å². The van der Waals surface area contributed by atoms with Gasteiger partial charge < -0.3 is 16.4 Å². The van der Waals surface area contributed by atoms with Gasteiger partial charge in [0.25, 0.3) is 5.91 Å². The van der Waals surface area contributed by atoms with Crippen molar-refractivity contribution >= 4 is 17.7 Å². The first-order valence-corrected chi connectivity index (χ1v) is 6.96. The minimum absolute atomic E-state index is 0.191. The molecule has 0 aliphatic carbocycles. The largest absolute Gasteiger partial charge is 0.368 e. The second-order valence-corrected chi connectivity index (χ2v) is 4.71. The van der Waals surface area contributed by atoms with Gasteiger partial charge in [0.15, 0.2) is 0 Å². The number of amides is 3.